The van der Waals surface area contributed by atoms with E-state index < -0.39 is 0 Å². The highest BCUT2D eigenvalue weighted by Gasteiger charge is 2.19. The van der Waals surface area contributed by atoms with Crippen LogP contribution in [-0.2, 0) is 6.42 Å². The number of hydrazone groups is 1. The summed E-state index contributed by atoms with van der Waals surface area (Å²) in [5, 5.41) is 7.41. The maximum atomic E-state index is 5.86. The van der Waals surface area contributed by atoms with Gasteiger partial charge in [0.2, 0.25) is 5.13 Å². The van der Waals surface area contributed by atoms with Crippen molar-refractivity contribution in [2.24, 2.45) is 5.10 Å². The smallest absolute Gasteiger partial charge is 0.203 e. The Kier molecular flexibility index (Phi) is 4.58. The van der Waals surface area contributed by atoms with E-state index in [9.17, 15) is 0 Å². The average molecular weight is 364 g/mol. The molecule has 2 aromatic carbocycles. The summed E-state index contributed by atoms with van der Waals surface area (Å²) in [6.45, 7) is 0. The minimum atomic E-state index is 0.734. The molecule has 0 saturated carbocycles. The van der Waals surface area contributed by atoms with E-state index in [1.54, 1.807) is 7.11 Å². The summed E-state index contributed by atoms with van der Waals surface area (Å²) >= 11 is 1.53. The maximum Gasteiger partial charge on any atom is 0.203 e. The highest BCUT2D eigenvalue weighted by Crippen LogP contribution is 2.30. The number of ether oxygens (including phenoxy) is 1. The molecule has 5 nitrogen and oxygen atoms in total. The van der Waals surface area contributed by atoms with Crippen LogP contribution >= 0.6 is 11.3 Å². The van der Waals surface area contributed by atoms with E-state index in [1.165, 1.54) is 16.9 Å². The zero-order chi connectivity index (χ0) is 17.9. The Morgan fingerprint density at radius 3 is 2.92 bits per heavy atom. The van der Waals surface area contributed by atoms with Gasteiger partial charge in [0.1, 0.15) is 5.75 Å². The van der Waals surface area contributed by atoms with Gasteiger partial charge in [0.05, 0.1) is 18.5 Å². The molecule has 3 aromatic rings. The Labute approximate surface area is 156 Å². The molecular formula is C20H20N4OS. The van der Waals surface area contributed by atoms with E-state index in [4.69, 9.17) is 10.5 Å². The lowest BCUT2D eigenvalue weighted by Crippen LogP contribution is -2.14. The van der Waals surface area contributed by atoms with Crippen molar-refractivity contribution < 1.29 is 4.74 Å². The van der Waals surface area contributed by atoms with Crippen LogP contribution in [0.3, 0.4) is 0 Å². The van der Waals surface area contributed by atoms with E-state index in [0.717, 1.165) is 58.4 Å². The predicted molar refractivity (Wildman–Crippen MR) is 108 cm³/mol. The number of hydrogen-bond acceptors (Lipinski definition) is 6. The van der Waals surface area contributed by atoms with Crippen molar-refractivity contribution in [3.63, 3.8) is 0 Å². The number of benzene rings is 2. The molecule has 6 heteroatoms. The number of anilines is 2. The quantitative estimate of drug-likeness (QED) is 0.526. The van der Waals surface area contributed by atoms with E-state index >= 15 is 0 Å². The normalized spacial score (nSPS) is 14.9. The van der Waals surface area contributed by atoms with Crippen molar-refractivity contribution in [1.82, 2.24) is 4.98 Å². The van der Waals surface area contributed by atoms with Crippen LogP contribution in [0.5, 0.6) is 5.75 Å². The molecule has 0 atom stereocenters. The SMILES string of the molecule is COc1cccc2c1CCC/C2=N\Nc1nc(-c2cccc(N)c2)cs1. The molecular weight excluding hydrogens is 344 g/mol. The fraction of sp³-hybridized carbons (Fsp3) is 0.200. The maximum absolute atomic E-state index is 5.86. The van der Waals surface area contributed by atoms with Gasteiger partial charge in [-0.1, -0.05) is 24.3 Å². The highest BCUT2D eigenvalue weighted by atomic mass is 32.1. The van der Waals surface area contributed by atoms with E-state index in [0.29, 0.717) is 0 Å². The molecule has 0 unspecified atom stereocenters. The van der Waals surface area contributed by atoms with Crippen LogP contribution in [0.1, 0.15) is 24.0 Å². The minimum absolute atomic E-state index is 0.734. The van der Waals surface area contributed by atoms with Gasteiger partial charge < -0.3 is 10.5 Å². The topological polar surface area (TPSA) is 72.5 Å². The second-order valence-electron chi connectivity index (χ2n) is 6.17. The van der Waals surface area contributed by atoms with Gasteiger partial charge in [-0.15, -0.1) is 11.3 Å². The Balaban J connectivity index is 1.57. The second-order valence-corrected chi connectivity index (χ2v) is 7.03. The lowest BCUT2D eigenvalue weighted by Gasteiger charge is -2.20. The fourth-order valence-electron chi connectivity index (χ4n) is 3.24. The third kappa shape index (κ3) is 3.28. The number of fused-ring (bicyclic) bond motifs is 1. The Morgan fingerprint density at radius 2 is 2.08 bits per heavy atom. The first-order valence-corrected chi connectivity index (χ1v) is 9.43. The summed E-state index contributed by atoms with van der Waals surface area (Å²) in [5.74, 6) is 0.938. The van der Waals surface area contributed by atoms with Crippen molar-refractivity contribution >= 4 is 27.9 Å². The highest BCUT2D eigenvalue weighted by molar-refractivity contribution is 7.14. The molecule has 0 bridgehead atoms. The standard InChI is InChI=1S/C20H20N4OS/c1-25-19-10-4-7-15-16(19)8-3-9-17(15)23-24-20-22-18(12-26-20)13-5-2-6-14(21)11-13/h2,4-7,10-12H,3,8-9,21H2,1H3,(H,22,24)/b23-17+. The van der Waals surface area contributed by atoms with Crippen LogP contribution in [0.25, 0.3) is 11.3 Å². The molecule has 0 spiro atoms. The zero-order valence-corrected chi connectivity index (χ0v) is 15.3. The lowest BCUT2D eigenvalue weighted by atomic mass is 9.89. The van der Waals surface area contributed by atoms with E-state index in [-0.39, 0.29) is 0 Å². The zero-order valence-electron chi connectivity index (χ0n) is 14.5. The first kappa shape index (κ1) is 16.6. The number of nitrogen functional groups attached to an aromatic ring is 1. The summed E-state index contributed by atoms with van der Waals surface area (Å²) < 4.78 is 5.49. The number of methoxy groups -OCH3 is 1. The third-order valence-corrected chi connectivity index (χ3v) is 5.22. The average Bonchev–Trinajstić information content (AvgIpc) is 3.15. The summed E-state index contributed by atoms with van der Waals surface area (Å²) in [5.41, 5.74) is 15.1. The third-order valence-electron chi connectivity index (χ3n) is 4.48. The predicted octanol–water partition coefficient (Wildman–Crippen LogP) is 4.55. The van der Waals surface area contributed by atoms with Gasteiger partial charge in [-0.05, 0) is 37.5 Å². The minimum Gasteiger partial charge on any atom is -0.496 e. The van der Waals surface area contributed by atoms with Crippen LogP contribution in [0, 0.1) is 0 Å². The van der Waals surface area contributed by atoms with Crippen LogP contribution in [-0.4, -0.2) is 17.8 Å². The van der Waals surface area contributed by atoms with Crippen LogP contribution in [0.4, 0.5) is 10.8 Å². The van der Waals surface area contributed by atoms with Gasteiger partial charge in [-0.2, -0.15) is 5.10 Å². The molecule has 4 rings (SSSR count). The molecule has 0 aliphatic heterocycles. The Hall–Kier alpha value is -2.86. The largest absolute Gasteiger partial charge is 0.496 e. The fourth-order valence-corrected chi connectivity index (χ4v) is 3.90. The lowest BCUT2D eigenvalue weighted by molar-refractivity contribution is 0.408. The number of nitrogens with one attached hydrogen (secondary N) is 1. The first-order valence-electron chi connectivity index (χ1n) is 8.55. The van der Waals surface area contributed by atoms with Gasteiger partial charge >= 0.3 is 0 Å². The molecule has 0 fully saturated rings. The van der Waals surface area contributed by atoms with Crippen LogP contribution < -0.4 is 15.9 Å². The van der Waals surface area contributed by atoms with Crippen molar-refractivity contribution in [3.8, 4) is 17.0 Å². The van der Waals surface area contributed by atoms with E-state index in [1.807, 2.05) is 41.8 Å². The summed E-state index contributed by atoms with van der Waals surface area (Å²) in [4.78, 5) is 4.62. The molecule has 1 aromatic heterocycles. The van der Waals surface area contributed by atoms with Crippen molar-refractivity contribution in [1.29, 1.82) is 0 Å². The number of aromatic nitrogens is 1. The van der Waals surface area contributed by atoms with Crippen LogP contribution in [0.2, 0.25) is 0 Å². The summed E-state index contributed by atoms with van der Waals surface area (Å²) in [6, 6.07) is 13.9. The number of nitrogens with zero attached hydrogens (tertiary/aromatic N) is 2. The molecule has 132 valence electrons. The van der Waals surface area contributed by atoms with Crippen LogP contribution in [0.15, 0.2) is 52.9 Å². The molecule has 1 aliphatic carbocycles. The van der Waals surface area contributed by atoms with Gasteiger partial charge in [-0.25, -0.2) is 4.98 Å². The molecule has 0 radical (unpaired) electrons. The van der Waals surface area contributed by atoms with E-state index in [2.05, 4.69) is 21.6 Å². The number of rotatable bonds is 4. The van der Waals surface area contributed by atoms with Crippen molar-refractivity contribution in [2.45, 2.75) is 19.3 Å². The number of hydrogen-bond donors (Lipinski definition) is 2. The summed E-state index contributed by atoms with van der Waals surface area (Å²) in [7, 11) is 1.71. The van der Waals surface area contributed by atoms with Gasteiger partial charge in [0.15, 0.2) is 0 Å². The second kappa shape index (κ2) is 7.17. The van der Waals surface area contributed by atoms with Gasteiger partial charge in [-0.3, -0.25) is 5.43 Å². The molecule has 1 aliphatic rings. The van der Waals surface area contributed by atoms with Crippen molar-refractivity contribution in [3.05, 3.63) is 59.0 Å². The monoisotopic (exact) mass is 364 g/mol. The summed E-state index contributed by atoms with van der Waals surface area (Å²) in [6.07, 6.45) is 3.04. The molecule has 0 saturated heterocycles. The first-order chi connectivity index (χ1) is 12.7. The van der Waals surface area contributed by atoms with Gasteiger partial charge in [0.25, 0.3) is 0 Å². The van der Waals surface area contributed by atoms with Crippen molar-refractivity contribution in [2.75, 3.05) is 18.3 Å². The number of nitrogens with two attached hydrogens (primary N) is 1. The van der Waals surface area contributed by atoms with Gasteiger partial charge in [0, 0.05) is 27.8 Å². The Morgan fingerprint density at radius 1 is 1.19 bits per heavy atom. The molecule has 3 N–H and O–H groups in total. The Bertz CT molecular complexity index is 964. The number of thiazole rings is 1. The molecule has 26 heavy (non-hydrogen) atoms. The molecule has 1 heterocycles. The molecule has 0 amide bonds.